The molecule has 148 valence electrons. The molecule has 1 heterocycles. The number of rotatable bonds is 4. The van der Waals surface area contributed by atoms with Crippen molar-refractivity contribution >= 4 is 11.5 Å². The number of hydrogen-bond acceptors (Lipinski definition) is 3. The van der Waals surface area contributed by atoms with E-state index in [0.717, 1.165) is 30.4 Å². The standard InChI is InChI=1S/C24H23FN2O2/c25-18-10-6-9-17(13-18)24(29)27-21(14-26)23(22(27)15-28)20-12-5-4-11-19(20)16-7-2-1-3-8-16/h4-7,9-13,21-23,28H,1-3,8,15H2/t21-,22-,23-/m1/s1. The maximum Gasteiger partial charge on any atom is 0.255 e. The minimum atomic E-state index is -0.701. The highest BCUT2D eigenvalue weighted by Crippen LogP contribution is 2.44. The van der Waals surface area contributed by atoms with Crippen LogP contribution >= 0.6 is 0 Å². The first kappa shape index (κ1) is 19.4. The maximum absolute atomic E-state index is 13.6. The number of nitriles is 1. The molecule has 2 aromatic carbocycles. The van der Waals surface area contributed by atoms with Crippen LogP contribution in [0, 0.1) is 17.1 Å². The largest absolute Gasteiger partial charge is 0.394 e. The molecule has 1 aliphatic heterocycles. The van der Waals surface area contributed by atoms with E-state index in [4.69, 9.17) is 0 Å². The molecule has 0 spiro atoms. The fourth-order valence-electron chi connectivity index (χ4n) is 4.59. The minimum absolute atomic E-state index is 0.186. The third-order valence-electron chi connectivity index (χ3n) is 5.99. The molecule has 1 saturated heterocycles. The Morgan fingerprint density at radius 1 is 1.21 bits per heavy atom. The molecule has 0 aromatic heterocycles. The van der Waals surface area contributed by atoms with Crippen LogP contribution in [0.2, 0.25) is 0 Å². The number of likely N-dealkylation sites (tertiary alicyclic amines) is 1. The molecule has 4 rings (SSSR count). The first-order chi connectivity index (χ1) is 14.2. The number of halogens is 1. The van der Waals surface area contributed by atoms with E-state index in [1.54, 1.807) is 0 Å². The lowest BCUT2D eigenvalue weighted by Crippen LogP contribution is -2.65. The molecule has 2 aromatic rings. The number of nitrogens with zero attached hydrogens (tertiary/aromatic N) is 2. The summed E-state index contributed by atoms with van der Waals surface area (Å²) in [6.07, 6.45) is 6.62. The molecule has 0 saturated carbocycles. The fraction of sp³-hybridized carbons (Fsp3) is 0.333. The Labute approximate surface area is 169 Å². The lowest BCUT2D eigenvalue weighted by molar-refractivity contribution is -0.00595. The van der Waals surface area contributed by atoms with Gasteiger partial charge in [-0.2, -0.15) is 5.26 Å². The molecule has 1 aliphatic carbocycles. The van der Waals surface area contributed by atoms with Crippen LogP contribution in [0.15, 0.2) is 54.6 Å². The SMILES string of the molecule is N#C[C@@H]1[C@@H](c2ccccc2C2=CCCCC2)[C@@H](CO)N1C(=O)c1cccc(F)c1. The van der Waals surface area contributed by atoms with Gasteiger partial charge in [-0.05, 0) is 60.6 Å². The van der Waals surface area contributed by atoms with Crippen molar-refractivity contribution < 1.29 is 14.3 Å². The Morgan fingerprint density at radius 2 is 2.03 bits per heavy atom. The molecular weight excluding hydrogens is 367 g/mol. The second-order valence-electron chi connectivity index (χ2n) is 7.63. The summed E-state index contributed by atoms with van der Waals surface area (Å²) in [5.41, 5.74) is 3.56. The number of carbonyl (C=O) groups is 1. The van der Waals surface area contributed by atoms with E-state index in [1.807, 2.05) is 18.2 Å². The van der Waals surface area contributed by atoms with E-state index in [-0.39, 0.29) is 18.1 Å². The van der Waals surface area contributed by atoms with Crippen LogP contribution in [0.25, 0.3) is 5.57 Å². The average Bonchev–Trinajstić information content (AvgIpc) is 2.74. The van der Waals surface area contributed by atoms with Crippen molar-refractivity contribution in [1.29, 1.82) is 5.26 Å². The van der Waals surface area contributed by atoms with Gasteiger partial charge in [-0.3, -0.25) is 4.79 Å². The van der Waals surface area contributed by atoms with Gasteiger partial charge in [0.1, 0.15) is 11.9 Å². The highest BCUT2D eigenvalue weighted by atomic mass is 19.1. The quantitative estimate of drug-likeness (QED) is 0.848. The summed E-state index contributed by atoms with van der Waals surface area (Å²) in [7, 11) is 0. The molecule has 2 aliphatic rings. The molecule has 1 fully saturated rings. The van der Waals surface area contributed by atoms with Crippen molar-refractivity contribution in [3.63, 3.8) is 0 Å². The average molecular weight is 390 g/mol. The van der Waals surface area contributed by atoms with Gasteiger partial charge < -0.3 is 10.0 Å². The Hall–Kier alpha value is -2.97. The van der Waals surface area contributed by atoms with Crippen LogP contribution in [0.3, 0.4) is 0 Å². The highest BCUT2D eigenvalue weighted by molar-refractivity contribution is 5.96. The van der Waals surface area contributed by atoms with Crippen LogP contribution in [-0.2, 0) is 0 Å². The van der Waals surface area contributed by atoms with Crippen molar-refractivity contribution in [3.8, 4) is 6.07 Å². The number of allylic oxidation sites excluding steroid dienone is 2. The van der Waals surface area contributed by atoms with Crippen LogP contribution in [0.4, 0.5) is 4.39 Å². The van der Waals surface area contributed by atoms with E-state index in [9.17, 15) is 19.6 Å². The Kier molecular flexibility index (Phi) is 5.46. The van der Waals surface area contributed by atoms with Crippen molar-refractivity contribution in [1.82, 2.24) is 4.90 Å². The van der Waals surface area contributed by atoms with Gasteiger partial charge in [-0.1, -0.05) is 36.4 Å². The van der Waals surface area contributed by atoms with E-state index in [1.165, 1.54) is 41.2 Å². The predicted molar refractivity (Wildman–Crippen MR) is 108 cm³/mol. The summed E-state index contributed by atoms with van der Waals surface area (Å²) >= 11 is 0. The second-order valence-corrected chi connectivity index (χ2v) is 7.63. The van der Waals surface area contributed by atoms with Crippen molar-refractivity contribution in [2.45, 2.75) is 43.7 Å². The Balaban J connectivity index is 1.69. The summed E-state index contributed by atoms with van der Waals surface area (Å²) < 4.78 is 13.6. The van der Waals surface area contributed by atoms with Gasteiger partial charge in [0.25, 0.3) is 5.91 Å². The van der Waals surface area contributed by atoms with Gasteiger partial charge in [0, 0.05) is 11.5 Å². The minimum Gasteiger partial charge on any atom is -0.394 e. The van der Waals surface area contributed by atoms with Gasteiger partial charge in [-0.15, -0.1) is 0 Å². The number of aliphatic hydroxyl groups excluding tert-OH is 1. The lowest BCUT2D eigenvalue weighted by Gasteiger charge is -2.52. The number of amides is 1. The first-order valence-corrected chi connectivity index (χ1v) is 10.0. The maximum atomic E-state index is 13.6. The first-order valence-electron chi connectivity index (χ1n) is 10.0. The summed E-state index contributed by atoms with van der Waals surface area (Å²) in [6, 6.07) is 14.4. The molecule has 0 unspecified atom stereocenters. The smallest absolute Gasteiger partial charge is 0.255 e. The summed E-state index contributed by atoms with van der Waals surface area (Å²) in [6.45, 7) is -0.253. The zero-order valence-corrected chi connectivity index (χ0v) is 16.1. The van der Waals surface area contributed by atoms with Crippen molar-refractivity contribution in [2.24, 2.45) is 0 Å². The monoisotopic (exact) mass is 390 g/mol. The zero-order valence-electron chi connectivity index (χ0n) is 16.1. The van der Waals surface area contributed by atoms with E-state index in [2.05, 4.69) is 18.2 Å². The molecule has 0 radical (unpaired) electrons. The number of carbonyl (C=O) groups excluding carboxylic acids is 1. The van der Waals surface area contributed by atoms with Gasteiger partial charge in [-0.25, -0.2) is 4.39 Å². The van der Waals surface area contributed by atoms with E-state index < -0.39 is 23.8 Å². The molecule has 1 amide bonds. The fourth-order valence-corrected chi connectivity index (χ4v) is 4.59. The zero-order chi connectivity index (χ0) is 20.4. The Morgan fingerprint density at radius 3 is 2.72 bits per heavy atom. The lowest BCUT2D eigenvalue weighted by atomic mass is 9.72. The molecule has 0 bridgehead atoms. The predicted octanol–water partition coefficient (Wildman–Crippen LogP) is 4.28. The van der Waals surface area contributed by atoms with Gasteiger partial charge in [0.2, 0.25) is 0 Å². The molecule has 3 atom stereocenters. The van der Waals surface area contributed by atoms with Crippen LogP contribution < -0.4 is 0 Å². The highest BCUT2D eigenvalue weighted by Gasteiger charge is 2.52. The topological polar surface area (TPSA) is 64.3 Å². The molecular formula is C24H23FN2O2. The van der Waals surface area contributed by atoms with Crippen LogP contribution in [0.1, 0.15) is 53.1 Å². The number of benzene rings is 2. The summed E-state index contributed by atoms with van der Waals surface area (Å²) in [5, 5.41) is 19.9. The molecule has 5 heteroatoms. The summed E-state index contributed by atoms with van der Waals surface area (Å²) in [5.74, 6) is -1.21. The summed E-state index contributed by atoms with van der Waals surface area (Å²) in [4.78, 5) is 14.4. The van der Waals surface area contributed by atoms with Gasteiger partial charge >= 0.3 is 0 Å². The second kappa shape index (κ2) is 8.18. The van der Waals surface area contributed by atoms with Crippen LogP contribution in [-0.4, -0.2) is 34.6 Å². The van der Waals surface area contributed by atoms with Crippen molar-refractivity contribution in [3.05, 3.63) is 77.1 Å². The van der Waals surface area contributed by atoms with Gasteiger partial charge in [0.15, 0.2) is 0 Å². The van der Waals surface area contributed by atoms with Crippen LogP contribution in [0.5, 0.6) is 0 Å². The number of aliphatic hydroxyl groups is 1. The van der Waals surface area contributed by atoms with Gasteiger partial charge in [0.05, 0.1) is 18.7 Å². The third kappa shape index (κ3) is 3.45. The molecule has 1 N–H and O–H groups in total. The van der Waals surface area contributed by atoms with E-state index >= 15 is 0 Å². The number of hydrogen-bond donors (Lipinski definition) is 1. The van der Waals surface area contributed by atoms with Crippen molar-refractivity contribution in [2.75, 3.05) is 6.61 Å². The molecule has 4 nitrogen and oxygen atoms in total. The normalized spacial score (nSPS) is 23.7. The van der Waals surface area contributed by atoms with E-state index in [0.29, 0.717) is 0 Å². The third-order valence-corrected chi connectivity index (χ3v) is 5.99. The molecule has 29 heavy (non-hydrogen) atoms. The Bertz CT molecular complexity index is 994.